The molecule has 4 heteroatoms. The molecule has 0 radical (unpaired) electrons. The van der Waals surface area contributed by atoms with E-state index in [1.54, 1.807) is 7.11 Å². The van der Waals surface area contributed by atoms with Crippen LogP contribution in [-0.4, -0.2) is 73.8 Å². The van der Waals surface area contributed by atoms with E-state index in [0.717, 1.165) is 5.25 Å². The molecule has 0 atom stereocenters. The molecule has 0 fully saturated rings. The van der Waals surface area contributed by atoms with Crippen LogP contribution in [0.2, 0.25) is 0 Å². The minimum absolute atomic E-state index is 0.384. The van der Waals surface area contributed by atoms with Gasteiger partial charge < -0.3 is 14.5 Å². The van der Waals surface area contributed by atoms with Crippen LogP contribution in [0.3, 0.4) is 0 Å². The summed E-state index contributed by atoms with van der Waals surface area (Å²) >= 11 is 1.88. The third-order valence-electron chi connectivity index (χ3n) is 3.60. The first-order chi connectivity index (χ1) is 10.7. The Hall–Kier alpha value is 0.230. The van der Waals surface area contributed by atoms with E-state index in [1.807, 2.05) is 25.6 Å². The summed E-state index contributed by atoms with van der Waals surface area (Å²) < 4.78 is 4.75. The van der Waals surface area contributed by atoms with Gasteiger partial charge in [0.1, 0.15) is 0 Å². The zero-order valence-electron chi connectivity index (χ0n) is 19.6. The molecular formula is C20H50N2OS. The predicted octanol–water partition coefficient (Wildman–Crippen LogP) is 5.49. The molecule has 3 nitrogen and oxygen atoms in total. The second-order valence-corrected chi connectivity index (χ2v) is 8.89. The van der Waals surface area contributed by atoms with E-state index in [0.29, 0.717) is 24.2 Å². The van der Waals surface area contributed by atoms with Crippen molar-refractivity contribution in [2.45, 2.75) is 98.7 Å². The lowest BCUT2D eigenvalue weighted by atomic mass is 10.3. The summed E-state index contributed by atoms with van der Waals surface area (Å²) in [5.41, 5.74) is 0. The topological polar surface area (TPSA) is 15.7 Å². The van der Waals surface area contributed by atoms with Crippen molar-refractivity contribution in [2.75, 3.05) is 34.5 Å². The molecule has 0 spiro atoms. The SMILES string of the molecule is CC(C)N(C)C.CC(C)N(C)C(C)C.COC(C)C.CSC(C)C. The Bertz CT molecular complexity index is 196. The highest BCUT2D eigenvalue weighted by Crippen LogP contribution is 2.00. The maximum absolute atomic E-state index is 4.75. The lowest BCUT2D eigenvalue weighted by molar-refractivity contribution is 0.134. The normalized spacial score (nSPS) is 10.8. The molecule has 0 aliphatic carbocycles. The first kappa shape index (κ1) is 31.9. The summed E-state index contributed by atoms with van der Waals surface area (Å²) in [6, 6.07) is 2.04. The summed E-state index contributed by atoms with van der Waals surface area (Å²) in [5, 5.41) is 0.801. The van der Waals surface area contributed by atoms with Crippen LogP contribution in [0.25, 0.3) is 0 Å². The minimum Gasteiger partial charge on any atom is -0.382 e. The average Bonchev–Trinajstić information content (AvgIpc) is 2.47. The summed E-state index contributed by atoms with van der Waals surface area (Å²) in [6.45, 7) is 21.5. The Balaban J connectivity index is -0.000000114. The van der Waals surface area contributed by atoms with E-state index in [-0.39, 0.29) is 0 Å². The second kappa shape index (κ2) is 21.3. The Labute approximate surface area is 159 Å². The van der Waals surface area contributed by atoms with Crippen molar-refractivity contribution >= 4 is 11.8 Å². The van der Waals surface area contributed by atoms with Crippen LogP contribution in [0.15, 0.2) is 0 Å². The Morgan fingerprint density at radius 1 is 0.667 bits per heavy atom. The van der Waals surface area contributed by atoms with Gasteiger partial charge in [-0.05, 0) is 88.0 Å². The first-order valence-electron chi connectivity index (χ1n) is 9.18. The molecule has 0 N–H and O–H groups in total. The molecule has 0 heterocycles. The third-order valence-corrected chi connectivity index (χ3v) is 4.55. The van der Waals surface area contributed by atoms with Gasteiger partial charge in [0.15, 0.2) is 0 Å². The molecular weight excluding hydrogens is 316 g/mol. The molecule has 0 aromatic heterocycles. The molecule has 152 valence electrons. The zero-order valence-corrected chi connectivity index (χ0v) is 20.4. The molecule has 0 amide bonds. The fourth-order valence-electron chi connectivity index (χ4n) is 0.596. The Kier molecular flexibility index (Phi) is 28.3. The van der Waals surface area contributed by atoms with Crippen LogP contribution in [0.4, 0.5) is 0 Å². The second-order valence-electron chi connectivity index (χ2n) is 7.48. The average molecular weight is 367 g/mol. The van der Waals surface area contributed by atoms with E-state index in [4.69, 9.17) is 4.74 Å². The molecule has 0 rings (SSSR count). The maximum Gasteiger partial charge on any atom is 0.0515 e. The van der Waals surface area contributed by atoms with Gasteiger partial charge in [-0.15, -0.1) is 0 Å². The minimum atomic E-state index is 0.384. The lowest BCUT2D eigenvalue weighted by Gasteiger charge is -2.24. The quantitative estimate of drug-likeness (QED) is 0.639. The number of ether oxygens (including phenoxy) is 1. The van der Waals surface area contributed by atoms with E-state index < -0.39 is 0 Å². The molecule has 0 bridgehead atoms. The lowest BCUT2D eigenvalue weighted by Crippen LogP contribution is -2.32. The summed E-state index contributed by atoms with van der Waals surface area (Å²) in [7, 11) is 8.00. The zero-order chi connectivity index (χ0) is 20.5. The van der Waals surface area contributed by atoms with Crippen molar-refractivity contribution < 1.29 is 4.74 Å². The third kappa shape index (κ3) is 38.0. The first-order valence-corrected chi connectivity index (χ1v) is 10.5. The van der Waals surface area contributed by atoms with Gasteiger partial charge in [0, 0.05) is 25.2 Å². The molecule has 0 saturated carbocycles. The van der Waals surface area contributed by atoms with Gasteiger partial charge in [-0.2, -0.15) is 11.8 Å². The Morgan fingerprint density at radius 3 is 0.875 bits per heavy atom. The highest BCUT2D eigenvalue weighted by Gasteiger charge is 2.04. The van der Waals surface area contributed by atoms with Gasteiger partial charge in [0.05, 0.1) is 6.10 Å². The fourth-order valence-corrected chi connectivity index (χ4v) is 0.596. The van der Waals surface area contributed by atoms with Crippen molar-refractivity contribution in [3.8, 4) is 0 Å². The summed E-state index contributed by atoms with van der Waals surface area (Å²) in [6.07, 6.45) is 2.50. The van der Waals surface area contributed by atoms with Gasteiger partial charge in [-0.1, -0.05) is 13.8 Å². The van der Waals surface area contributed by atoms with E-state index in [1.165, 1.54) is 0 Å². The largest absolute Gasteiger partial charge is 0.382 e. The number of hydrogen-bond acceptors (Lipinski definition) is 4. The summed E-state index contributed by atoms with van der Waals surface area (Å²) in [5.74, 6) is 0. The summed E-state index contributed by atoms with van der Waals surface area (Å²) in [4.78, 5) is 4.50. The number of rotatable bonds is 5. The number of nitrogens with zero attached hydrogens (tertiary/aromatic N) is 2. The van der Waals surface area contributed by atoms with Crippen molar-refractivity contribution in [1.29, 1.82) is 0 Å². The smallest absolute Gasteiger partial charge is 0.0515 e. The van der Waals surface area contributed by atoms with Crippen LogP contribution in [-0.2, 0) is 4.74 Å². The van der Waals surface area contributed by atoms with Gasteiger partial charge in [-0.25, -0.2) is 0 Å². The van der Waals surface area contributed by atoms with Crippen molar-refractivity contribution in [3.05, 3.63) is 0 Å². The van der Waals surface area contributed by atoms with Crippen LogP contribution in [0.1, 0.15) is 69.2 Å². The van der Waals surface area contributed by atoms with Crippen LogP contribution in [0, 0.1) is 0 Å². The predicted molar refractivity (Wildman–Crippen MR) is 118 cm³/mol. The highest BCUT2D eigenvalue weighted by atomic mass is 32.2. The number of methoxy groups -OCH3 is 1. The Morgan fingerprint density at radius 2 is 0.875 bits per heavy atom. The van der Waals surface area contributed by atoms with E-state index in [2.05, 4.69) is 92.6 Å². The number of thioether (sulfide) groups is 1. The monoisotopic (exact) mass is 366 g/mol. The van der Waals surface area contributed by atoms with Gasteiger partial charge in [-0.3, -0.25) is 0 Å². The standard InChI is InChI=1S/C7H17N.C5H13N.C4H10O.C4H10S/c1-6(2)8(5)7(3)4;1-5(2)6(3)4;2*1-4(2)5-3/h6-7H,1-5H3;5H,1-4H3;2*4H,1-3H3. The van der Waals surface area contributed by atoms with Crippen molar-refractivity contribution in [3.63, 3.8) is 0 Å². The molecule has 0 aromatic rings. The van der Waals surface area contributed by atoms with Crippen molar-refractivity contribution in [1.82, 2.24) is 9.80 Å². The van der Waals surface area contributed by atoms with E-state index in [9.17, 15) is 0 Å². The molecule has 0 saturated heterocycles. The van der Waals surface area contributed by atoms with Gasteiger partial charge in [0.2, 0.25) is 0 Å². The molecule has 0 unspecified atom stereocenters. The van der Waals surface area contributed by atoms with Crippen LogP contribution < -0.4 is 0 Å². The molecule has 24 heavy (non-hydrogen) atoms. The van der Waals surface area contributed by atoms with Crippen LogP contribution in [0.5, 0.6) is 0 Å². The number of hydrogen-bond donors (Lipinski definition) is 0. The van der Waals surface area contributed by atoms with E-state index >= 15 is 0 Å². The van der Waals surface area contributed by atoms with Crippen LogP contribution >= 0.6 is 11.8 Å². The maximum atomic E-state index is 4.75. The van der Waals surface area contributed by atoms with Gasteiger partial charge >= 0.3 is 0 Å². The fraction of sp³-hybridized carbons (Fsp3) is 1.00. The highest BCUT2D eigenvalue weighted by molar-refractivity contribution is 7.99. The van der Waals surface area contributed by atoms with Crippen molar-refractivity contribution in [2.24, 2.45) is 0 Å². The molecule has 0 aromatic carbocycles. The molecule has 0 aliphatic rings. The van der Waals surface area contributed by atoms with Gasteiger partial charge in [0.25, 0.3) is 0 Å². The molecule has 0 aliphatic heterocycles.